The van der Waals surface area contributed by atoms with Gasteiger partial charge in [-0.2, -0.15) is 0 Å². The van der Waals surface area contributed by atoms with Gasteiger partial charge in [-0.3, -0.25) is 0 Å². The van der Waals surface area contributed by atoms with E-state index in [-0.39, 0.29) is 12.1 Å². The van der Waals surface area contributed by atoms with Crippen LogP contribution in [0.15, 0.2) is 146 Å². The molecule has 10 heteroatoms. The Bertz CT molecular complexity index is 2350. The smallest absolute Gasteiger partial charge is 0.418 e. The summed E-state index contributed by atoms with van der Waals surface area (Å²) in [4.78, 5) is 32.9. The van der Waals surface area contributed by atoms with Gasteiger partial charge < -0.3 is 39.4 Å². The van der Waals surface area contributed by atoms with Crippen molar-refractivity contribution in [3.63, 3.8) is 0 Å². The van der Waals surface area contributed by atoms with Crippen molar-refractivity contribution in [2.45, 2.75) is 90.1 Å². The standard InChI is InChI=1S/C56H62N4O6/c1-5-57-47-31-27-43-45(29-33-49(63-37-41-23-15-9-16-24-41)51(43)59(3)35-39-19-11-7-12-20-39)53(47)65-55(61)56(62)66-54-46-30-34-50(64-38-42-25-17-10-18-26-42)52(44(46)28-32-48(54)58-6-2)60(4)36-40-21-13-8-14-22-40/h7-26,29-30,33-34,47-48,53-54,57-58H,5-6,27-28,31-32,35-38H2,1-4H3. The van der Waals surface area contributed by atoms with Crippen LogP contribution in [0, 0.1) is 0 Å². The first-order valence-corrected chi connectivity index (χ1v) is 23.3. The summed E-state index contributed by atoms with van der Waals surface area (Å²) in [5, 5.41) is 7.09. The van der Waals surface area contributed by atoms with Crippen LogP contribution >= 0.6 is 0 Å². The molecule has 2 aliphatic rings. The molecule has 6 aromatic carbocycles. The third-order valence-corrected chi connectivity index (χ3v) is 12.6. The fourth-order valence-corrected chi connectivity index (χ4v) is 9.63. The molecule has 0 radical (unpaired) electrons. The highest BCUT2D eigenvalue weighted by atomic mass is 16.6. The minimum atomic E-state index is -1.02. The number of hydrogen-bond acceptors (Lipinski definition) is 10. The fraction of sp³-hybridized carbons (Fsp3) is 0.321. The van der Waals surface area contributed by atoms with E-state index in [9.17, 15) is 9.59 Å². The van der Waals surface area contributed by atoms with E-state index < -0.39 is 24.1 Å². The predicted octanol–water partition coefficient (Wildman–Crippen LogP) is 9.83. The molecule has 0 spiro atoms. The first kappa shape index (κ1) is 45.9. The normalized spacial score (nSPS) is 17.5. The zero-order valence-electron chi connectivity index (χ0n) is 38.6. The number of ether oxygens (including phenoxy) is 4. The summed E-state index contributed by atoms with van der Waals surface area (Å²) in [5.41, 5.74) is 10.1. The Labute approximate surface area is 389 Å². The summed E-state index contributed by atoms with van der Waals surface area (Å²) in [6, 6.07) is 48.4. The molecule has 0 saturated heterocycles. The quantitative estimate of drug-likeness (QED) is 0.0641. The Morgan fingerprint density at radius 3 is 1.20 bits per heavy atom. The highest BCUT2D eigenvalue weighted by molar-refractivity contribution is 6.29. The number of anilines is 2. The second kappa shape index (κ2) is 22.0. The number of carbonyl (C=O) groups is 2. The van der Waals surface area contributed by atoms with Crippen molar-refractivity contribution >= 4 is 23.3 Å². The average Bonchev–Trinajstić information content (AvgIpc) is 3.34. The van der Waals surface area contributed by atoms with Crippen LogP contribution in [0.1, 0.15) is 83.4 Å². The van der Waals surface area contributed by atoms with Crippen molar-refractivity contribution in [3.8, 4) is 11.5 Å². The molecule has 2 N–H and O–H groups in total. The van der Waals surface area contributed by atoms with Crippen LogP contribution in [-0.4, -0.2) is 51.2 Å². The van der Waals surface area contributed by atoms with Gasteiger partial charge in [-0.1, -0.05) is 147 Å². The molecule has 2 aliphatic carbocycles. The zero-order chi connectivity index (χ0) is 45.8. The molecule has 0 amide bonds. The average molecular weight is 887 g/mol. The molecule has 6 aromatic rings. The van der Waals surface area contributed by atoms with Crippen molar-refractivity contribution in [3.05, 3.63) is 190 Å². The van der Waals surface area contributed by atoms with Crippen LogP contribution in [0.2, 0.25) is 0 Å². The van der Waals surface area contributed by atoms with Crippen LogP contribution in [0.25, 0.3) is 0 Å². The lowest BCUT2D eigenvalue weighted by Gasteiger charge is -2.37. The molecule has 0 bridgehead atoms. The van der Waals surface area contributed by atoms with Gasteiger partial charge in [0.15, 0.2) is 0 Å². The third kappa shape index (κ3) is 10.9. The van der Waals surface area contributed by atoms with E-state index in [1.54, 1.807) is 0 Å². The SMILES string of the molecule is CCNC1CCc2c(ccc(OCc3ccccc3)c2N(C)Cc2ccccc2)C1OC(=O)C(=O)OC1c2ccc(OCc3ccccc3)c(N(C)Cc3ccccc3)c2CCC1NCC. The maximum Gasteiger partial charge on any atom is 0.418 e. The predicted molar refractivity (Wildman–Crippen MR) is 261 cm³/mol. The number of esters is 2. The number of benzene rings is 6. The molecule has 0 fully saturated rings. The highest BCUT2D eigenvalue weighted by Crippen LogP contribution is 2.45. The molecule has 342 valence electrons. The molecule has 4 unspecified atom stereocenters. The van der Waals surface area contributed by atoms with Crippen LogP contribution in [-0.2, 0) is 58.2 Å². The summed E-state index contributed by atoms with van der Waals surface area (Å²) in [6.45, 7) is 7.50. The van der Waals surface area contributed by atoms with Crippen molar-refractivity contribution in [2.24, 2.45) is 0 Å². The van der Waals surface area contributed by atoms with E-state index in [2.05, 4.69) is 83.1 Å². The van der Waals surface area contributed by atoms with Gasteiger partial charge >= 0.3 is 11.9 Å². The van der Waals surface area contributed by atoms with E-state index in [4.69, 9.17) is 18.9 Å². The van der Waals surface area contributed by atoms with E-state index >= 15 is 0 Å². The summed E-state index contributed by atoms with van der Waals surface area (Å²) in [5.74, 6) is -0.553. The summed E-state index contributed by atoms with van der Waals surface area (Å²) in [7, 11) is 4.14. The van der Waals surface area contributed by atoms with Gasteiger partial charge in [-0.15, -0.1) is 0 Å². The zero-order valence-corrected chi connectivity index (χ0v) is 38.6. The van der Waals surface area contributed by atoms with E-state index in [0.717, 1.165) is 80.2 Å². The van der Waals surface area contributed by atoms with Gasteiger partial charge in [0.25, 0.3) is 0 Å². The molecule has 0 aromatic heterocycles. The number of likely N-dealkylation sites (N-methyl/N-ethyl adjacent to an activating group) is 2. The topological polar surface area (TPSA) is 102 Å². The van der Waals surface area contributed by atoms with Gasteiger partial charge in [0.05, 0.1) is 11.4 Å². The van der Waals surface area contributed by atoms with Crippen LogP contribution < -0.4 is 29.9 Å². The molecule has 10 nitrogen and oxygen atoms in total. The van der Waals surface area contributed by atoms with Crippen LogP contribution in [0.4, 0.5) is 11.4 Å². The minimum absolute atomic E-state index is 0.218. The number of nitrogens with zero attached hydrogens (tertiary/aromatic N) is 2. The summed E-state index contributed by atoms with van der Waals surface area (Å²) < 4.78 is 25.8. The molecular formula is C56H62N4O6. The molecule has 66 heavy (non-hydrogen) atoms. The Morgan fingerprint density at radius 1 is 0.500 bits per heavy atom. The maximum atomic E-state index is 14.3. The van der Waals surface area contributed by atoms with Crippen LogP contribution in [0.5, 0.6) is 11.5 Å². The maximum absolute atomic E-state index is 14.3. The first-order valence-electron chi connectivity index (χ1n) is 23.3. The summed E-state index contributed by atoms with van der Waals surface area (Å²) in [6.07, 6.45) is 1.34. The highest BCUT2D eigenvalue weighted by Gasteiger charge is 2.40. The monoisotopic (exact) mass is 886 g/mol. The number of fused-ring (bicyclic) bond motifs is 2. The van der Waals surface area contributed by atoms with Crippen molar-refractivity contribution in [1.82, 2.24) is 10.6 Å². The Kier molecular flexibility index (Phi) is 15.3. The number of rotatable bonds is 18. The lowest BCUT2D eigenvalue weighted by atomic mass is 9.83. The molecule has 0 heterocycles. The van der Waals surface area contributed by atoms with Crippen LogP contribution in [0.3, 0.4) is 0 Å². The van der Waals surface area contributed by atoms with Gasteiger partial charge in [0, 0.05) is 39.3 Å². The Balaban J connectivity index is 1.09. The van der Waals surface area contributed by atoms with Crippen molar-refractivity contribution in [2.75, 3.05) is 37.0 Å². The largest absolute Gasteiger partial charge is 0.487 e. The summed E-state index contributed by atoms with van der Waals surface area (Å²) >= 11 is 0. The lowest BCUT2D eigenvalue weighted by molar-refractivity contribution is -0.177. The number of nitrogens with one attached hydrogen (secondary N) is 2. The second-order valence-electron chi connectivity index (χ2n) is 17.2. The molecule has 4 atom stereocenters. The van der Waals surface area contributed by atoms with E-state index in [0.29, 0.717) is 52.2 Å². The third-order valence-electron chi connectivity index (χ3n) is 12.6. The molecule has 0 aliphatic heterocycles. The van der Waals surface area contributed by atoms with E-state index in [1.165, 1.54) is 0 Å². The van der Waals surface area contributed by atoms with Gasteiger partial charge in [0.2, 0.25) is 0 Å². The minimum Gasteiger partial charge on any atom is -0.487 e. The van der Waals surface area contributed by atoms with Crippen molar-refractivity contribution in [1.29, 1.82) is 0 Å². The molecule has 8 rings (SSSR count). The van der Waals surface area contributed by atoms with Gasteiger partial charge in [0.1, 0.15) is 36.9 Å². The fourth-order valence-electron chi connectivity index (χ4n) is 9.63. The Hall–Kier alpha value is -6.62. The Morgan fingerprint density at radius 2 is 0.848 bits per heavy atom. The van der Waals surface area contributed by atoms with Gasteiger partial charge in [-0.05, 0) is 95.4 Å². The number of carbonyl (C=O) groups excluding carboxylic acids is 2. The lowest BCUT2D eigenvalue weighted by Crippen LogP contribution is -2.43. The van der Waals surface area contributed by atoms with Crippen molar-refractivity contribution < 1.29 is 28.5 Å². The first-order chi connectivity index (χ1) is 32.3. The molecule has 0 saturated carbocycles. The second-order valence-corrected chi connectivity index (χ2v) is 17.2. The number of hydrogen-bond donors (Lipinski definition) is 2. The molecular weight excluding hydrogens is 825 g/mol. The van der Waals surface area contributed by atoms with Gasteiger partial charge in [-0.25, -0.2) is 9.59 Å². The van der Waals surface area contributed by atoms with E-state index in [1.807, 2.05) is 111 Å².